The number of carboxylic acids is 1. The molecule has 0 aromatic rings. The van der Waals surface area contributed by atoms with Crippen molar-refractivity contribution in [1.29, 1.82) is 0 Å². The van der Waals surface area contributed by atoms with Crippen molar-refractivity contribution in [2.24, 2.45) is 0 Å². The summed E-state index contributed by atoms with van der Waals surface area (Å²) in [5.74, 6) is -1.83. The number of hydrogen-bond donors (Lipinski definition) is 1. The Hall–Kier alpha value is -1.31. The van der Waals surface area contributed by atoms with Crippen molar-refractivity contribution in [3.05, 3.63) is 0 Å². The van der Waals surface area contributed by atoms with Crippen molar-refractivity contribution in [2.45, 2.75) is 51.4 Å². The molecule has 2 unspecified atom stereocenters. The summed E-state index contributed by atoms with van der Waals surface area (Å²) in [4.78, 5) is 25.1. The molecular formula is C13H21F3N2O3. The van der Waals surface area contributed by atoms with Crippen LogP contribution in [0.2, 0.25) is 0 Å². The Bertz CT molecular complexity index is 377. The van der Waals surface area contributed by atoms with E-state index in [0.29, 0.717) is 4.90 Å². The van der Waals surface area contributed by atoms with Crippen LogP contribution in [-0.2, 0) is 9.59 Å². The first kappa shape index (κ1) is 17.7. The number of aliphatic carboxylic acids is 1. The zero-order valence-electron chi connectivity index (χ0n) is 12.2. The molecule has 1 amide bonds. The van der Waals surface area contributed by atoms with Gasteiger partial charge in [0, 0.05) is 12.1 Å². The van der Waals surface area contributed by atoms with Crippen LogP contribution in [0, 0.1) is 0 Å². The Morgan fingerprint density at radius 1 is 1.19 bits per heavy atom. The van der Waals surface area contributed by atoms with Crippen LogP contribution in [0.25, 0.3) is 0 Å². The minimum absolute atomic E-state index is 0.0289. The molecule has 1 fully saturated rings. The number of halogens is 3. The van der Waals surface area contributed by atoms with E-state index in [4.69, 9.17) is 5.11 Å². The quantitative estimate of drug-likeness (QED) is 0.840. The Morgan fingerprint density at radius 2 is 1.71 bits per heavy atom. The molecule has 2 atom stereocenters. The van der Waals surface area contributed by atoms with Crippen molar-refractivity contribution in [3.8, 4) is 0 Å². The summed E-state index contributed by atoms with van der Waals surface area (Å²) in [7, 11) is 0. The largest absolute Gasteiger partial charge is 0.480 e. The second kappa shape index (κ2) is 7.11. The van der Waals surface area contributed by atoms with Crippen molar-refractivity contribution in [2.75, 3.05) is 19.6 Å². The summed E-state index contributed by atoms with van der Waals surface area (Å²) < 4.78 is 37.3. The Balaban J connectivity index is 2.72. The molecule has 1 saturated heterocycles. The van der Waals surface area contributed by atoms with Gasteiger partial charge in [0.1, 0.15) is 0 Å². The van der Waals surface area contributed by atoms with E-state index in [0.717, 1.165) is 19.3 Å². The molecule has 1 heterocycles. The van der Waals surface area contributed by atoms with E-state index in [1.165, 1.54) is 0 Å². The molecule has 0 aromatic heterocycles. The van der Waals surface area contributed by atoms with E-state index >= 15 is 0 Å². The third kappa shape index (κ3) is 5.91. The molecule has 122 valence electrons. The van der Waals surface area contributed by atoms with Crippen LogP contribution >= 0.6 is 0 Å². The summed E-state index contributed by atoms with van der Waals surface area (Å²) in [6.45, 7) is 0.988. The third-order valence-electron chi connectivity index (χ3n) is 3.60. The number of carbonyl (C=O) groups is 2. The van der Waals surface area contributed by atoms with Gasteiger partial charge in [0.25, 0.3) is 0 Å². The second-order valence-electron chi connectivity index (χ2n) is 5.58. The smallest absolute Gasteiger partial charge is 0.401 e. The number of carbonyl (C=O) groups excluding carboxylic acids is 1. The van der Waals surface area contributed by atoms with Crippen LogP contribution in [0.1, 0.15) is 33.1 Å². The third-order valence-corrected chi connectivity index (χ3v) is 3.60. The fourth-order valence-electron chi connectivity index (χ4n) is 2.80. The zero-order chi connectivity index (χ0) is 16.2. The number of amides is 1. The molecule has 0 spiro atoms. The van der Waals surface area contributed by atoms with E-state index in [1.807, 2.05) is 13.8 Å². The lowest BCUT2D eigenvalue weighted by Gasteiger charge is -2.40. The van der Waals surface area contributed by atoms with Crippen LogP contribution in [0.15, 0.2) is 0 Å². The topological polar surface area (TPSA) is 60.9 Å². The summed E-state index contributed by atoms with van der Waals surface area (Å²) >= 11 is 0. The van der Waals surface area contributed by atoms with Crippen molar-refractivity contribution >= 4 is 11.9 Å². The van der Waals surface area contributed by atoms with Gasteiger partial charge in [0.15, 0.2) is 0 Å². The minimum Gasteiger partial charge on any atom is -0.480 e. The molecule has 0 radical (unpaired) electrons. The van der Waals surface area contributed by atoms with Gasteiger partial charge in [-0.15, -0.1) is 0 Å². The van der Waals surface area contributed by atoms with E-state index in [-0.39, 0.29) is 12.1 Å². The standard InChI is InChI=1S/C13H21F3N2O3/c1-9-4-3-5-10(2)18(9)11(19)6-17(7-12(20)21)8-13(14,15)16/h9-10H,3-8H2,1-2H3,(H,20,21). The van der Waals surface area contributed by atoms with E-state index in [2.05, 4.69) is 0 Å². The number of nitrogens with zero attached hydrogens (tertiary/aromatic N) is 2. The summed E-state index contributed by atoms with van der Waals surface area (Å²) in [6.07, 6.45) is -1.93. The zero-order valence-corrected chi connectivity index (χ0v) is 12.2. The van der Waals surface area contributed by atoms with Gasteiger partial charge >= 0.3 is 12.1 Å². The fourth-order valence-corrected chi connectivity index (χ4v) is 2.80. The first-order chi connectivity index (χ1) is 9.60. The number of hydrogen-bond acceptors (Lipinski definition) is 3. The van der Waals surface area contributed by atoms with Crippen LogP contribution < -0.4 is 0 Å². The molecular weight excluding hydrogens is 289 g/mol. The molecule has 21 heavy (non-hydrogen) atoms. The highest BCUT2D eigenvalue weighted by atomic mass is 19.4. The van der Waals surface area contributed by atoms with Gasteiger partial charge < -0.3 is 10.0 Å². The van der Waals surface area contributed by atoms with Gasteiger partial charge in [-0.25, -0.2) is 0 Å². The molecule has 1 rings (SSSR count). The van der Waals surface area contributed by atoms with Crippen molar-refractivity contribution in [3.63, 3.8) is 0 Å². The first-order valence-corrected chi connectivity index (χ1v) is 6.92. The lowest BCUT2D eigenvalue weighted by atomic mass is 9.97. The monoisotopic (exact) mass is 310 g/mol. The molecule has 0 saturated carbocycles. The molecule has 5 nitrogen and oxygen atoms in total. The molecule has 0 aromatic carbocycles. The number of piperidine rings is 1. The van der Waals surface area contributed by atoms with Gasteiger partial charge in [-0.3, -0.25) is 14.5 Å². The van der Waals surface area contributed by atoms with E-state index < -0.39 is 37.7 Å². The normalized spacial score (nSPS) is 23.4. The van der Waals surface area contributed by atoms with Crippen LogP contribution in [-0.4, -0.2) is 64.7 Å². The Morgan fingerprint density at radius 3 is 2.14 bits per heavy atom. The fraction of sp³-hybridized carbons (Fsp3) is 0.846. The molecule has 1 aliphatic rings. The summed E-state index contributed by atoms with van der Waals surface area (Å²) in [6, 6.07) is -0.0578. The molecule has 8 heteroatoms. The van der Waals surface area contributed by atoms with Crippen molar-refractivity contribution in [1.82, 2.24) is 9.80 Å². The highest BCUT2D eigenvalue weighted by molar-refractivity contribution is 5.80. The number of rotatable bonds is 5. The maximum Gasteiger partial charge on any atom is 0.401 e. The lowest BCUT2D eigenvalue weighted by Crippen LogP contribution is -2.52. The van der Waals surface area contributed by atoms with Crippen molar-refractivity contribution < 1.29 is 27.9 Å². The predicted octanol–water partition coefficient (Wildman–Crippen LogP) is 1.72. The van der Waals surface area contributed by atoms with Crippen LogP contribution in [0.3, 0.4) is 0 Å². The van der Waals surface area contributed by atoms with Gasteiger partial charge in [-0.05, 0) is 33.1 Å². The highest BCUT2D eigenvalue weighted by Crippen LogP contribution is 2.23. The van der Waals surface area contributed by atoms with Gasteiger partial charge in [0.2, 0.25) is 5.91 Å². The average Bonchev–Trinajstić information content (AvgIpc) is 2.24. The first-order valence-electron chi connectivity index (χ1n) is 6.92. The second-order valence-corrected chi connectivity index (χ2v) is 5.58. The Labute approximate surface area is 121 Å². The molecule has 0 aliphatic carbocycles. The number of carboxylic acid groups (broad SMARTS) is 1. The summed E-state index contributed by atoms with van der Waals surface area (Å²) in [5.41, 5.74) is 0. The lowest BCUT2D eigenvalue weighted by molar-refractivity contribution is -0.158. The predicted molar refractivity (Wildman–Crippen MR) is 69.8 cm³/mol. The van der Waals surface area contributed by atoms with Gasteiger partial charge in [-0.2, -0.15) is 13.2 Å². The number of likely N-dealkylation sites (tertiary alicyclic amines) is 1. The molecule has 1 aliphatic heterocycles. The molecule has 0 bridgehead atoms. The van der Waals surface area contributed by atoms with E-state index in [1.54, 1.807) is 4.90 Å². The number of alkyl halides is 3. The molecule has 1 N–H and O–H groups in total. The van der Waals surface area contributed by atoms with Gasteiger partial charge in [-0.1, -0.05) is 0 Å². The average molecular weight is 310 g/mol. The summed E-state index contributed by atoms with van der Waals surface area (Å²) in [5, 5.41) is 8.67. The highest BCUT2D eigenvalue weighted by Gasteiger charge is 2.35. The van der Waals surface area contributed by atoms with E-state index in [9.17, 15) is 22.8 Å². The SMILES string of the molecule is CC1CCCC(C)N1C(=O)CN(CC(=O)O)CC(F)(F)F. The van der Waals surface area contributed by atoms with Crippen LogP contribution in [0.5, 0.6) is 0 Å². The maximum atomic E-state index is 12.4. The maximum absolute atomic E-state index is 12.4. The van der Waals surface area contributed by atoms with Gasteiger partial charge in [0.05, 0.1) is 19.6 Å². The van der Waals surface area contributed by atoms with Crippen LogP contribution in [0.4, 0.5) is 13.2 Å². The Kier molecular flexibility index (Phi) is 6.00. The minimum atomic E-state index is -4.53.